The third-order valence-electron chi connectivity index (χ3n) is 1.79. The SMILES string of the molecule is CN(CC(=O)O)c1c([N+](=O)[O-])ncn1C. The average Bonchev–Trinajstić information content (AvgIpc) is 2.45. The molecule has 0 aliphatic heterocycles. The monoisotopic (exact) mass is 214 g/mol. The van der Waals surface area contributed by atoms with Crippen LogP contribution in [-0.4, -0.2) is 39.1 Å². The van der Waals surface area contributed by atoms with E-state index in [2.05, 4.69) is 4.98 Å². The van der Waals surface area contributed by atoms with Gasteiger partial charge >= 0.3 is 11.8 Å². The molecular formula is C7H10N4O4. The molecule has 15 heavy (non-hydrogen) atoms. The van der Waals surface area contributed by atoms with Crippen LogP contribution in [-0.2, 0) is 11.8 Å². The lowest BCUT2D eigenvalue weighted by atomic mass is 10.5. The number of hydrogen-bond acceptors (Lipinski definition) is 5. The van der Waals surface area contributed by atoms with Crippen molar-refractivity contribution in [2.75, 3.05) is 18.5 Å². The fraction of sp³-hybridized carbons (Fsp3) is 0.429. The van der Waals surface area contributed by atoms with Gasteiger partial charge in [0.2, 0.25) is 12.1 Å². The number of hydrogen-bond donors (Lipinski definition) is 1. The first-order chi connectivity index (χ1) is 6.93. The summed E-state index contributed by atoms with van der Waals surface area (Å²) in [6, 6.07) is 0. The van der Waals surface area contributed by atoms with E-state index in [1.54, 1.807) is 7.05 Å². The maximum atomic E-state index is 10.6. The summed E-state index contributed by atoms with van der Waals surface area (Å²) in [7, 11) is 3.02. The lowest BCUT2D eigenvalue weighted by Gasteiger charge is -2.15. The van der Waals surface area contributed by atoms with Crippen molar-refractivity contribution < 1.29 is 14.8 Å². The molecule has 0 bridgehead atoms. The van der Waals surface area contributed by atoms with E-state index in [9.17, 15) is 14.9 Å². The second-order valence-corrected chi connectivity index (χ2v) is 3.01. The molecule has 0 atom stereocenters. The van der Waals surface area contributed by atoms with Crippen LogP contribution >= 0.6 is 0 Å². The summed E-state index contributed by atoms with van der Waals surface area (Å²) >= 11 is 0. The van der Waals surface area contributed by atoms with Crippen LogP contribution in [0.15, 0.2) is 6.33 Å². The number of carboxylic acids is 1. The van der Waals surface area contributed by atoms with Gasteiger partial charge in [0.25, 0.3) is 0 Å². The Morgan fingerprint density at radius 1 is 1.80 bits per heavy atom. The van der Waals surface area contributed by atoms with Gasteiger partial charge in [0, 0.05) is 14.1 Å². The number of nitro groups is 1. The largest absolute Gasteiger partial charge is 0.480 e. The number of aromatic nitrogens is 2. The Morgan fingerprint density at radius 3 is 2.87 bits per heavy atom. The minimum Gasteiger partial charge on any atom is -0.480 e. The van der Waals surface area contributed by atoms with Crippen LogP contribution in [0.1, 0.15) is 0 Å². The van der Waals surface area contributed by atoms with Crippen molar-refractivity contribution in [2.24, 2.45) is 7.05 Å². The van der Waals surface area contributed by atoms with E-state index in [0.29, 0.717) is 0 Å². The smallest absolute Gasteiger partial charge is 0.406 e. The first kappa shape index (κ1) is 11.0. The minimum atomic E-state index is -1.06. The zero-order valence-corrected chi connectivity index (χ0v) is 8.25. The molecule has 0 unspecified atom stereocenters. The highest BCUT2D eigenvalue weighted by atomic mass is 16.6. The van der Waals surface area contributed by atoms with Gasteiger partial charge in [-0.25, -0.2) is 0 Å². The standard InChI is InChI=1S/C7H10N4O4/c1-9(3-5(12)13)7-6(11(14)15)8-4-10(7)2/h4H,3H2,1-2H3,(H,12,13). The Morgan fingerprint density at radius 2 is 2.40 bits per heavy atom. The van der Waals surface area contributed by atoms with Crippen molar-refractivity contribution in [3.8, 4) is 0 Å². The number of carbonyl (C=O) groups is 1. The number of imidazole rings is 1. The highest BCUT2D eigenvalue weighted by Gasteiger charge is 2.24. The second-order valence-electron chi connectivity index (χ2n) is 3.01. The quantitative estimate of drug-likeness (QED) is 0.552. The van der Waals surface area contributed by atoms with Crippen LogP contribution in [0.5, 0.6) is 0 Å². The van der Waals surface area contributed by atoms with E-state index >= 15 is 0 Å². The van der Waals surface area contributed by atoms with Crippen molar-refractivity contribution >= 4 is 17.6 Å². The Balaban J connectivity index is 3.05. The summed E-state index contributed by atoms with van der Waals surface area (Å²) < 4.78 is 1.40. The summed E-state index contributed by atoms with van der Waals surface area (Å²) in [6.45, 7) is -0.319. The normalized spacial score (nSPS) is 10.0. The third kappa shape index (κ3) is 2.22. The zero-order valence-electron chi connectivity index (χ0n) is 8.25. The minimum absolute atomic E-state index is 0.169. The second kappa shape index (κ2) is 3.95. The maximum absolute atomic E-state index is 10.6. The Labute approximate surface area is 84.9 Å². The van der Waals surface area contributed by atoms with Crippen molar-refractivity contribution in [2.45, 2.75) is 0 Å². The number of rotatable bonds is 4. The molecule has 1 aromatic heterocycles. The molecule has 0 saturated heterocycles. The molecule has 8 nitrogen and oxygen atoms in total. The van der Waals surface area contributed by atoms with E-state index in [1.165, 1.54) is 22.8 Å². The molecule has 0 aliphatic carbocycles. The van der Waals surface area contributed by atoms with E-state index in [4.69, 9.17) is 5.11 Å². The number of aryl methyl sites for hydroxylation is 1. The molecule has 0 aliphatic rings. The molecule has 0 amide bonds. The van der Waals surface area contributed by atoms with Gasteiger partial charge in [-0.15, -0.1) is 0 Å². The van der Waals surface area contributed by atoms with Crippen LogP contribution in [0.4, 0.5) is 11.6 Å². The summed E-state index contributed by atoms with van der Waals surface area (Å²) in [4.78, 5) is 25.2. The summed E-state index contributed by atoms with van der Waals surface area (Å²) in [6.07, 6.45) is 1.27. The third-order valence-corrected chi connectivity index (χ3v) is 1.79. The average molecular weight is 214 g/mol. The van der Waals surface area contributed by atoms with E-state index in [1.807, 2.05) is 0 Å². The van der Waals surface area contributed by atoms with E-state index in [0.717, 1.165) is 0 Å². The van der Waals surface area contributed by atoms with Gasteiger partial charge in [0.15, 0.2) is 0 Å². The molecule has 82 valence electrons. The Hall–Kier alpha value is -2.12. The molecule has 1 rings (SSSR count). The fourth-order valence-corrected chi connectivity index (χ4v) is 1.26. The molecule has 0 spiro atoms. The molecule has 1 heterocycles. The molecule has 1 N–H and O–H groups in total. The highest BCUT2D eigenvalue weighted by molar-refractivity contribution is 5.74. The van der Waals surface area contributed by atoms with Gasteiger partial charge in [-0.1, -0.05) is 0 Å². The lowest BCUT2D eigenvalue weighted by molar-refractivity contribution is -0.388. The van der Waals surface area contributed by atoms with Crippen molar-refractivity contribution in [3.63, 3.8) is 0 Å². The molecular weight excluding hydrogens is 204 g/mol. The van der Waals surface area contributed by atoms with Crippen molar-refractivity contribution in [3.05, 3.63) is 16.4 Å². The summed E-state index contributed by atoms with van der Waals surface area (Å²) in [5, 5.41) is 19.1. The van der Waals surface area contributed by atoms with Crippen LogP contribution in [0.2, 0.25) is 0 Å². The van der Waals surface area contributed by atoms with Gasteiger partial charge in [0.1, 0.15) is 6.54 Å². The molecule has 8 heteroatoms. The fourth-order valence-electron chi connectivity index (χ4n) is 1.26. The van der Waals surface area contributed by atoms with E-state index < -0.39 is 10.9 Å². The number of nitrogens with zero attached hydrogens (tertiary/aromatic N) is 4. The zero-order chi connectivity index (χ0) is 11.6. The number of likely N-dealkylation sites (N-methyl/N-ethyl adjacent to an activating group) is 1. The topological polar surface area (TPSA) is 102 Å². The Kier molecular flexibility index (Phi) is 2.88. The number of carboxylic acid groups (broad SMARTS) is 1. The van der Waals surface area contributed by atoms with Crippen LogP contribution in [0, 0.1) is 10.1 Å². The van der Waals surface area contributed by atoms with Gasteiger partial charge in [-0.05, 0) is 9.91 Å². The molecule has 0 radical (unpaired) electrons. The van der Waals surface area contributed by atoms with Gasteiger partial charge < -0.3 is 20.1 Å². The highest BCUT2D eigenvalue weighted by Crippen LogP contribution is 2.24. The first-order valence-electron chi connectivity index (χ1n) is 4.02. The van der Waals surface area contributed by atoms with Gasteiger partial charge in [0.05, 0.1) is 0 Å². The maximum Gasteiger partial charge on any atom is 0.406 e. The predicted octanol–water partition coefficient (Wildman–Crippen LogP) is -0.151. The summed E-state index contributed by atoms with van der Waals surface area (Å²) in [5.74, 6) is -1.24. The van der Waals surface area contributed by atoms with E-state index in [-0.39, 0.29) is 18.2 Å². The predicted molar refractivity (Wildman–Crippen MR) is 50.8 cm³/mol. The number of anilines is 1. The van der Waals surface area contributed by atoms with Crippen LogP contribution in [0.3, 0.4) is 0 Å². The van der Waals surface area contributed by atoms with Gasteiger partial charge in [-0.2, -0.15) is 0 Å². The van der Waals surface area contributed by atoms with Gasteiger partial charge in [-0.3, -0.25) is 9.36 Å². The van der Waals surface area contributed by atoms with Crippen LogP contribution in [0.25, 0.3) is 0 Å². The Bertz CT molecular complexity index is 400. The summed E-state index contributed by atoms with van der Waals surface area (Å²) in [5.41, 5.74) is 0. The van der Waals surface area contributed by atoms with Crippen molar-refractivity contribution in [1.29, 1.82) is 0 Å². The molecule has 0 fully saturated rings. The molecule has 0 aromatic carbocycles. The lowest BCUT2D eigenvalue weighted by Crippen LogP contribution is -2.27. The molecule has 1 aromatic rings. The van der Waals surface area contributed by atoms with Crippen molar-refractivity contribution in [1.82, 2.24) is 9.55 Å². The first-order valence-corrected chi connectivity index (χ1v) is 4.02. The van der Waals surface area contributed by atoms with Crippen LogP contribution < -0.4 is 4.90 Å². The number of aliphatic carboxylic acids is 1. The molecule has 0 saturated carbocycles.